The van der Waals surface area contributed by atoms with Crippen LogP contribution in [0.3, 0.4) is 0 Å². The molecule has 1 aromatic carbocycles. The van der Waals surface area contributed by atoms with E-state index in [1.165, 1.54) is 6.07 Å². The van der Waals surface area contributed by atoms with Crippen LogP contribution >= 0.6 is 0 Å². The zero-order valence-corrected chi connectivity index (χ0v) is 15.0. The molecule has 1 aliphatic rings. The fourth-order valence-electron chi connectivity index (χ4n) is 2.50. The zero-order valence-electron chi connectivity index (χ0n) is 15.0. The third-order valence-electron chi connectivity index (χ3n) is 4.28. The summed E-state index contributed by atoms with van der Waals surface area (Å²) in [4.78, 5) is 23.4. The minimum atomic E-state index is -1.29. The van der Waals surface area contributed by atoms with E-state index in [1.54, 1.807) is 39.8 Å². The van der Waals surface area contributed by atoms with Crippen LogP contribution in [-0.4, -0.2) is 33.9 Å². The van der Waals surface area contributed by atoms with Crippen molar-refractivity contribution in [1.82, 2.24) is 0 Å². The number of phenolic OH excluding ortho intramolecular Hbond substituents is 1. The third kappa shape index (κ3) is 4.60. The molecule has 0 saturated heterocycles. The highest BCUT2D eigenvalue weighted by Gasteiger charge is 2.32. The molecule has 1 aliphatic heterocycles. The predicted molar refractivity (Wildman–Crippen MR) is 91.4 cm³/mol. The molecule has 0 aromatic heterocycles. The largest absolute Gasteiger partial charge is 0.508 e. The van der Waals surface area contributed by atoms with E-state index in [-0.39, 0.29) is 24.6 Å². The van der Waals surface area contributed by atoms with Crippen molar-refractivity contribution in [1.29, 1.82) is 0 Å². The minimum Gasteiger partial charge on any atom is -0.508 e. The number of carbonyl (C=O) groups is 2. The van der Waals surface area contributed by atoms with Gasteiger partial charge in [-0.15, -0.1) is 0 Å². The van der Waals surface area contributed by atoms with E-state index in [2.05, 4.69) is 0 Å². The smallest absolute Gasteiger partial charge is 0.333 e. The molecule has 0 radical (unpaired) electrons. The lowest BCUT2D eigenvalue weighted by molar-refractivity contribution is -0.157. The maximum absolute atomic E-state index is 12.1. The van der Waals surface area contributed by atoms with Crippen molar-refractivity contribution in [2.75, 3.05) is 0 Å². The van der Waals surface area contributed by atoms with E-state index < -0.39 is 17.7 Å². The highest BCUT2D eigenvalue weighted by molar-refractivity contribution is 5.87. The Morgan fingerprint density at radius 1 is 1.40 bits per heavy atom. The van der Waals surface area contributed by atoms with Crippen LogP contribution in [0.15, 0.2) is 23.8 Å². The topological polar surface area (TPSA) is 93.1 Å². The number of ether oxygens (including phenoxy) is 2. The highest BCUT2D eigenvalue weighted by Crippen LogP contribution is 2.34. The van der Waals surface area contributed by atoms with Gasteiger partial charge in [-0.05, 0) is 51.3 Å². The lowest BCUT2D eigenvalue weighted by Crippen LogP contribution is -2.41. The molecule has 6 heteroatoms. The minimum absolute atomic E-state index is 0.0681. The average molecular weight is 348 g/mol. The van der Waals surface area contributed by atoms with Crippen LogP contribution in [0.4, 0.5) is 0 Å². The number of allylic oxidation sites excluding steroid dienone is 1. The molecule has 1 heterocycles. The second-order valence-electron chi connectivity index (χ2n) is 6.79. The number of hydrogen-bond acceptors (Lipinski definition) is 6. The number of fused-ring (bicyclic) bond motifs is 1. The van der Waals surface area contributed by atoms with Crippen molar-refractivity contribution < 1.29 is 29.3 Å². The molecule has 6 nitrogen and oxygen atoms in total. The highest BCUT2D eigenvalue weighted by atomic mass is 16.6. The molecule has 2 N–H and O–H groups in total. The molecule has 0 fully saturated rings. The summed E-state index contributed by atoms with van der Waals surface area (Å²) in [5.74, 6) is -0.564. The summed E-state index contributed by atoms with van der Waals surface area (Å²) < 4.78 is 10.5. The van der Waals surface area contributed by atoms with Gasteiger partial charge in [-0.1, -0.05) is 6.08 Å². The molecule has 1 aromatic rings. The number of carbonyl (C=O) groups excluding carboxylic acids is 2. The Morgan fingerprint density at radius 3 is 2.68 bits per heavy atom. The molecule has 2 rings (SSSR count). The van der Waals surface area contributed by atoms with Gasteiger partial charge in [-0.25, -0.2) is 4.79 Å². The third-order valence-corrected chi connectivity index (χ3v) is 4.28. The van der Waals surface area contributed by atoms with Crippen LogP contribution in [-0.2, 0) is 27.2 Å². The van der Waals surface area contributed by atoms with Gasteiger partial charge >= 0.3 is 11.9 Å². The maximum atomic E-state index is 12.1. The van der Waals surface area contributed by atoms with Gasteiger partial charge in [0.05, 0.1) is 12.0 Å². The van der Waals surface area contributed by atoms with Gasteiger partial charge in [0.15, 0.2) is 0 Å². The molecule has 1 atom stereocenters. The summed E-state index contributed by atoms with van der Waals surface area (Å²) in [6, 6.07) is 3.12. The van der Waals surface area contributed by atoms with Crippen molar-refractivity contribution in [3.63, 3.8) is 0 Å². The van der Waals surface area contributed by atoms with Gasteiger partial charge in [0.25, 0.3) is 0 Å². The first kappa shape index (κ1) is 19.0. The molecule has 0 saturated carbocycles. The Bertz CT molecular complexity index is 711. The SMILES string of the molecule is C/C=C(/C)C(=O)OC(Cc1cc2c(cc1O)OC(=O)CC2)C(C)(C)O. The van der Waals surface area contributed by atoms with Crippen molar-refractivity contribution in [3.8, 4) is 11.5 Å². The summed E-state index contributed by atoms with van der Waals surface area (Å²) in [6.45, 7) is 6.46. The average Bonchev–Trinajstić information content (AvgIpc) is 2.53. The molecule has 136 valence electrons. The molecule has 25 heavy (non-hydrogen) atoms. The number of hydrogen-bond donors (Lipinski definition) is 2. The van der Waals surface area contributed by atoms with Crippen LogP contribution in [0.1, 0.15) is 45.2 Å². The zero-order chi connectivity index (χ0) is 18.8. The van der Waals surface area contributed by atoms with Gasteiger partial charge in [-0.3, -0.25) is 4.79 Å². The van der Waals surface area contributed by atoms with E-state index in [0.717, 1.165) is 5.56 Å². The van der Waals surface area contributed by atoms with Crippen LogP contribution in [0, 0.1) is 0 Å². The number of esters is 2. The monoisotopic (exact) mass is 348 g/mol. The quantitative estimate of drug-likeness (QED) is 0.482. The van der Waals surface area contributed by atoms with Crippen molar-refractivity contribution in [3.05, 3.63) is 34.9 Å². The van der Waals surface area contributed by atoms with E-state index in [9.17, 15) is 19.8 Å². The molecule has 0 aliphatic carbocycles. The van der Waals surface area contributed by atoms with Crippen LogP contribution < -0.4 is 4.74 Å². The van der Waals surface area contributed by atoms with Crippen LogP contribution in [0.25, 0.3) is 0 Å². The van der Waals surface area contributed by atoms with Crippen molar-refractivity contribution in [2.24, 2.45) is 0 Å². The number of rotatable bonds is 5. The van der Waals surface area contributed by atoms with E-state index >= 15 is 0 Å². The molecule has 0 spiro atoms. The van der Waals surface area contributed by atoms with Crippen LogP contribution in [0.2, 0.25) is 0 Å². The van der Waals surface area contributed by atoms with E-state index in [0.29, 0.717) is 23.3 Å². The predicted octanol–water partition coefficient (Wildman–Crippen LogP) is 2.44. The van der Waals surface area contributed by atoms with Crippen LogP contribution in [0.5, 0.6) is 11.5 Å². The molecule has 1 unspecified atom stereocenters. The van der Waals surface area contributed by atoms with E-state index in [4.69, 9.17) is 9.47 Å². The summed E-state index contributed by atoms with van der Waals surface area (Å²) in [6.07, 6.45) is 1.73. The Balaban J connectivity index is 2.27. The Labute approximate surface area is 147 Å². The summed E-state index contributed by atoms with van der Waals surface area (Å²) in [7, 11) is 0. The summed E-state index contributed by atoms with van der Waals surface area (Å²) >= 11 is 0. The summed E-state index contributed by atoms with van der Waals surface area (Å²) in [5, 5.41) is 20.6. The number of aryl methyl sites for hydroxylation is 1. The Hall–Kier alpha value is -2.34. The molecular weight excluding hydrogens is 324 g/mol. The fourth-order valence-corrected chi connectivity index (χ4v) is 2.50. The Kier molecular flexibility index (Phi) is 5.52. The van der Waals surface area contributed by atoms with E-state index in [1.807, 2.05) is 0 Å². The molecule has 0 bridgehead atoms. The Morgan fingerprint density at radius 2 is 2.08 bits per heavy atom. The van der Waals surface area contributed by atoms with Crippen molar-refractivity contribution in [2.45, 2.75) is 58.7 Å². The lowest BCUT2D eigenvalue weighted by Gasteiger charge is -2.30. The molecular formula is C19H24O6. The van der Waals surface area contributed by atoms with Gasteiger partial charge in [0.1, 0.15) is 17.6 Å². The number of benzene rings is 1. The van der Waals surface area contributed by atoms with Crippen molar-refractivity contribution >= 4 is 11.9 Å². The second-order valence-corrected chi connectivity index (χ2v) is 6.79. The van der Waals surface area contributed by atoms with Gasteiger partial charge in [0.2, 0.25) is 0 Å². The standard InChI is InChI=1S/C19H24O6/c1-5-11(2)18(22)25-16(19(3,4)23)9-13-8-12-6-7-17(21)24-15(12)10-14(13)20/h5,8,10,16,20,23H,6-7,9H2,1-4H3/b11-5-. The number of phenols is 1. The van der Waals surface area contributed by atoms with Gasteiger partial charge in [-0.2, -0.15) is 0 Å². The first-order valence-corrected chi connectivity index (χ1v) is 8.23. The fraction of sp³-hybridized carbons (Fsp3) is 0.474. The van der Waals surface area contributed by atoms with Gasteiger partial charge in [0, 0.05) is 18.1 Å². The number of aliphatic hydroxyl groups is 1. The molecule has 0 amide bonds. The summed E-state index contributed by atoms with van der Waals surface area (Å²) in [5.41, 5.74) is 0.474. The van der Waals surface area contributed by atoms with Gasteiger partial charge < -0.3 is 19.7 Å². The second kappa shape index (κ2) is 7.27. The lowest BCUT2D eigenvalue weighted by atomic mass is 9.92. The maximum Gasteiger partial charge on any atom is 0.333 e. The number of aromatic hydroxyl groups is 1. The first-order chi connectivity index (χ1) is 11.6. The first-order valence-electron chi connectivity index (χ1n) is 8.23. The normalized spacial score (nSPS) is 16.0.